The molecule has 1 aliphatic rings. The lowest BCUT2D eigenvalue weighted by molar-refractivity contribution is 0.654. The molecule has 13 heavy (non-hydrogen) atoms. The molecule has 3 N–H and O–H groups in total. The van der Waals surface area contributed by atoms with E-state index in [0.717, 1.165) is 4.79 Å². The van der Waals surface area contributed by atoms with Crippen LogP contribution >= 0.6 is 11.9 Å². The van der Waals surface area contributed by atoms with Crippen LogP contribution in [0.2, 0.25) is 0 Å². The third kappa shape index (κ3) is 1.15. The minimum absolute atomic E-state index is 0.407. The molecule has 7 nitrogen and oxygen atoms in total. The second-order valence-corrected chi connectivity index (χ2v) is 3.08. The van der Waals surface area contributed by atoms with Crippen LogP contribution < -0.4 is 17.0 Å². The van der Waals surface area contributed by atoms with Gasteiger partial charge in [-0.3, -0.25) is 5.43 Å². The normalized spacial score (nSPS) is 14.1. The molecule has 0 atom stereocenters. The fourth-order valence-corrected chi connectivity index (χ4v) is 1.32. The van der Waals surface area contributed by atoms with E-state index in [0.29, 0.717) is 5.95 Å². The van der Waals surface area contributed by atoms with Crippen molar-refractivity contribution in [2.45, 2.75) is 0 Å². The van der Waals surface area contributed by atoms with E-state index in [4.69, 9.17) is 5.84 Å². The number of nitrogens with two attached hydrogens (primary N) is 1. The van der Waals surface area contributed by atoms with Crippen molar-refractivity contribution in [2.75, 3.05) is 17.5 Å². The zero-order valence-corrected chi connectivity index (χ0v) is 7.65. The number of nitrogens with one attached hydrogen (secondary N) is 1. The molecule has 0 bridgehead atoms. The van der Waals surface area contributed by atoms with Crippen molar-refractivity contribution >= 4 is 24.1 Å². The Hall–Kier alpha value is -1.57. The molecule has 0 spiro atoms. The summed E-state index contributed by atoms with van der Waals surface area (Å²) in [6, 6.07) is 0. The van der Waals surface area contributed by atoms with Gasteiger partial charge in [0.25, 0.3) is 0 Å². The molecule has 2 rings (SSSR count). The fraction of sp³-hybridized carbons (Fsp3) is 0.200. The summed E-state index contributed by atoms with van der Waals surface area (Å²) in [6.07, 6.45) is 5.28. The van der Waals surface area contributed by atoms with E-state index < -0.39 is 5.69 Å². The van der Waals surface area contributed by atoms with Crippen molar-refractivity contribution in [1.29, 1.82) is 0 Å². The molecule has 0 radical (unpaired) electrons. The van der Waals surface area contributed by atoms with Crippen LogP contribution in [0.25, 0.3) is 6.20 Å². The van der Waals surface area contributed by atoms with Crippen molar-refractivity contribution in [2.24, 2.45) is 0 Å². The molecule has 8 heteroatoms. The van der Waals surface area contributed by atoms with Crippen molar-refractivity contribution in [3.63, 3.8) is 0 Å². The van der Waals surface area contributed by atoms with E-state index in [1.807, 2.05) is 6.26 Å². The summed E-state index contributed by atoms with van der Waals surface area (Å²) >= 11 is 1.45. The van der Waals surface area contributed by atoms with Crippen molar-refractivity contribution < 1.29 is 0 Å². The number of hydrogen-bond donors (Lipinski definition) is 2. The maximum Gasteiger partial charge on any atom is 0.385 e. The van der Waals surface area contributed by atoms with Gasteiger partial charge in [0.05, 0.1) is 12.4 Å². The first-order valence-electron chi connectivity index (χ1n) is 3.47. The molecule has 0 amide bonds. The number of rotatable bonds is 1. The minimum atomic E-state index is -0.491. The Kier molecular flexibility index (Phi) is 1.69. The zero-order valence-electron chi connectivity index (χ0n) is 6.84. The number of anilines is 1. The van der Waals surface area contributed by atoms with E-state index in [-0.39, 0.29) is 0 Å². The first-order chi connectivity index (χ1) is 6.22. The molecule has 2 heterocycles. The van der Waals surface area contributed by atoms with E-state index in [2.05, 4.69) is 10.4 Å². The van der Waals surface area contributed by atoms with Gasteiger partial charge in [-0.2, -0.15) is 4.98 Å². The number of hydrazine groups is 1. The number of nitrogen functional groups attached to an aromatic ring is 1. The maximum atomic E-state index is 11.0. The van der Waals surface area contributed by atoms with E-state index in [1.165, 1.54) is 16.6 Å². The highest BCUT2D eigenvalue weighted by molar-refractivity contribution is 7.96. The topological polar surface area (TPSA) is 81.1 Å². The molecular weight excluding hydrogens is 192 g/mol. The number of nitrogens with zero attached hydrogens (tertiary/aromatic N) is 4. The first-order valence-corrected chi connectivity index (χ1v) is 4.65. The maximum absolute atomic E-state index is 11.0. The van der Waals surface area contributed by atoms with Crippen LogP contribution in [-0.4, -0.2) is 25.1 Å². The highest BCUT2D eigenvalue weighted by Gasteiger charge is 2.14. The molecule has 1 aromatic heterocycles. The number of fused-ring (bicyclic) bond motifs is 1. The van der Waals surface area contributed by atoms with Gasteiger partial charge in [-0.15, -0.1) is 4.79 Å². The van der Waals surface area contributed by atoms with Crippen LogP contribution in [0.5, 0.6) is 0 Å². The van der Waals surface area contributed by atoms with Crippen LogP contribution in [0, 0.1) is 0 Å². The first kappa shape index (κ1) is 8.05. The predicted molar refractivity (Wildman–Crippen MR) is 50.9 cm³/mol. The number of hydrogen-bond acceptors (Lipinski definition) is 6. The second kappa shape index (κ2) is 2.73. The summed E-state index contributed by atoms with van der Waals surface area (Å²) in [6.45, 7) is 0. The van der Waals surface area contributed by atoms with E-state index >= 15 is 0 Å². The Morgan fingerprint density at radius 2 is 2.38 bits per heavy atom. The smallest absolute Gasteiger partial charge is 0.320 e. The fourth-order valence-electron chi connectivity index (χ4n) is 0.972. The Labute approximate surface area is 77.9 Å². The van der Waals surface area contributed by atoms with Gasteiger partial charge in [0.1, 0.15) is 0 Å². The second-order valence-electron chi connectivity index (χ2n) is 2.33. The van der Waals surface area contributed by atoms with Crippen LogP contribution in [0.15, 0.2) is 11.0 Å². The Balaban J connectivity index is 2.46. The summed E-state index contributed by atoms with van der Waals surface area (Å²) in [5.74, 6) is 5.81. The van der Waals surface area contributed by atoms with Gasteiger partial charge in [-0.1, -0.05) is 0 Å². The van der Waals surface area contributed by atoms with Gasteiger partial charge in [0.15, 0.2) is 0 Å². The Bertz CT molecular complexity index is 406. The van der Waals surface area contributed by atoms with E-state index in [9.17, 15) is 4.79 Å². The molecule has 0 aromatic carbocycles. The van der Waals surface area contributed by atoms with Gasteiger partial charge < -0.3 is 5.84 Å². The van der Waals surface area contributed by atoms with Crippen LogP contribution in [0.1, 0.15) is 0 Å². The van der Waals surface area contributed by atoms with Crippen molar-refractivity contribution in [3.05, 3.63) is 16.7 Å². The lowest BCUT2D eigenvalue weighted by Gasteiger charge is -2.21. The summed E-state index contributed by atoms with van der Waals surface area (Å²) in [7, 11) is 0. The van der Waals surface area contributed by atoms with Crippen LogP contribution in [0.3, 0.4) is 0 Å². The molecule has 1 aliphatic heterocycles. The SMILES string of the molecule is CSN1C=Cn2c(nc(=O)n2N)N1. The lowest BCUT2D eigenvalue weighted by atomic mass is 10.8. The van der Waals surface area contributed by atoms with Gasteiger partial charge >= 0.3 is 5.69 Å². The number of aromatic nitrogens is 3. The summed E-state index contributed by atoms with van der Waals surface area (Å²) in [5, 5.41) is 0. The zero-order chi connectivity index (χ0) is 9.42. The van der Waals surface area contributed by atoms with Crippen molar-refractivity contribution in [1.82, 2.24) is 18.9 Å². The third-order valence-corrected chi connectivity index (χ3v) is 2.20. The molecule has 70 valence electrons. The molecule has 0 aliphatic carbocycles. The van der Waals surface area contributed by atoms with Crippen LogP contribution in [0.4, 0.5) is 5.95 Å². The van der Waals surface area contributed by atoms with Gasteiger partial charge in [0.2, 0.25) is 5.95 Å². The minimum Gasteiger partial charge on any atom is -0.320 e. The predicted octanol–water partition coefficient (Wildman–Crippen LogP) is -0.893. The standard InChI is InChI=1S/C5H8N6OS/c1-13-10-3-2-9-4(8-10)7-5(12)11(9)6/h2-3H,6H2,1H3,(H,7,8,12). The van der Waals surface area contributed by atoms with Gasteiger partial charge in [0, 0.05) is 6.26 Å². The molecular formula is C5H8N6OS. The quantitative estimate of drug-likeness (QED) is 0.452. The highest BCUT2D eigenvalue weighted by Crippen LogP contribution is 2.14. The third-order valence-electron chi connectivity index (χ3n) is 1.60. The Morgan fingerprint density at radius 3 is 3.08 bits per heavy atom. The average molecular weight is 200 g/mol. The van der Waals surface area contributed by atoms with Crippen molar-refractivity contribution in [3.8, 4) is 0 Å². The average Bonchev–Trinajstić information content (AvgIpc) is 2.42. The van der Waals surface area contributed by atoms with Gasteiger partial charge in [-0.05, 0) is 11.9 Å². The van der Waals surface area contributed by atoms with Gasteiger partial charge in [-0.25, -0.2) is 13.9 Å². The van der Waals surface area contributed by atoms with E-state index in [1.54, 1.807) is 16.8 Å². The highest BCUT2D eigenvalue weighted by atomic mass is 32.2. The lowest BCUT2D eigenvalue weighted by Crippen LogP contribution is -2.31. The largest absolute Gasteiger partial charge is 0.385 e. The molecule has 0 unspecified atom stereocenters. The monoisotopic (exact) mass is 200 g/mol. The molecule has 1 aromatic rings. The molecule has 0 fully saturated rings. The Morgan fingerprint density at radius 1 is 1.62 bits per heavy atom. The van der Waals surface area contributed by atoms with Crippen LogP contribution in [-0.2, 0) is 0 Å². The molecule has 0 saturated carbocycles. The summed E-state index contributed by atoms with van der Waals surface area (Å²) < 4.78 is 3.14. The molecule has 0 saturated heterocycles. The summed E-state index contributed by atoms with van der Waals surface area (Å²) in [5.41, 5.74) is 2.38. The summed E-state index contributed by atoms with van der Waals surface area (Å²) in [4.78, 5) is 15.6.